The molecule has 0 radical (unpaired) electrons. The van der Waals surface area contributed by atoms with Crippen LogP contribution in [0.1, 0.15) is 44.8 Å². The Morgan fingerprint density at radius 2 is 2.25 bits per heavy atom. The van der Waals surface area contributed by atoms with E-state index in [2.05, 4.69) is 41.0 Å². The van der Waals surface area contributed by atoms with Crippen LogP contribution in [0, 0.1) is 0 Å². The number of carbonyl (C=O) groups is 1. The Balaban J connectivity index is 2.48. The van der Waals surface area contributed by atoms with Gasteiger partial charge in [-0.3, -0.25) is 9.78 Å². The maximum Gasteiger partial charge on any atom is 0.306 e. The Labute approximate surface area is 125 Å². The van der Waals surface area contributed by atoms with Crippen molar-refractivity contribution >= 4 is 17.7 Å². The van der Waals surface area contributed by atoms with E-state index in [0.717, 1.165) is 35.7 Å². The highest BCUT2D eigenvalue weighted by molar-refractivity contribution is 7.99. The fraction of sp³-hybridized carbons (Fsp3) is 0.600. The van der Waals surface area contributed by atoms with Gasteiger partial charge in [0.15, 0.2) is 0 Å². The summed E-state index contributed by atoms with van der Waals surface area (Å²) in [5, 5.41) is 3.49. The summed E-state index contributed by atoms with van der Waals surface area (Å²) in [6, 6.07) is 4.46. The van der Waals surface area contributed by atoms with Gasteiger partial charge in [0, 0.05) is 22.9 Å². The number of rotatable bonds is 9. The minimum atomic E-state index is -0.170. The van der Waals surface area contributed by atoms with Crippen molar-refractivity contribution in [2.45, 2.75) is 44.0 Å². The number of esters is 1. The zero-order valence-electron chi connectivity index (χ0n) is 12.5. The highest BCUT2D eigenvalue weighted by Crippen LogP contribution is 2.21. The van der Waals surface area contributed by atoms with E-state index >= 15 is 0 Å². The minimum Gasteiger partial charge on any atom is -0.469 e. The third-order valence-corrected chi connectivity index (χ3v) is 3.95. The highest BCUT2D eigenvalue weighted by atomic mass is 32.2. The summed E-state index contributed by atoms with van der Waals surface area (Å²) in [6.45, 7) is 5.33. The van der Waals surface area contributed by atoms with Gasteiger partial charge in [0.1, 0.15) is 0 Å². The zero-order valence-corrected chi connectivity index (χ0v) is 13.3. The number of methoxy groups -OCH3 is 1. The van der Waals surface area contributed by atoms with Crippen LogP contribution in [-0.2, 0) is 9.53 Å². The summed E-state index contributed by atoms with van der Waals surface area (Å²) in [7, 11) is 1.41. The lowest BCUT2D eigenvalue weighted by molar-refractivity contribution is -0.140. The van der Waals surface area contributed by atoms with E-state index in [9.17, 15) is 4.79 Å². The molecule has 1 N–H and O–H groups in total. The molecule has 1 aromatic heterocycles. The van der Waals surface area contributed by atoms with Crippen molar-refractivity contribution in [1.82, 2.24) is 10.3 Å². The number of pyridine rings is 1. The van der Waals surface area contributed by atoms with Gasteiger partial charge in [-0.1, -0.05) is 13.8 Å². The monoisotopic (exact) mass is 296 g/mol. The molecule has 0 aliphatic heterocycles. The van der Waals surface area contributed by atoms with Crippen molar-refractivity contribution in [2.24, 2.45) is 0 Å². The Bertz CT molecular complexity index is 395. The lowest BCUT2D eigenvalue weighted by Crippen LogP contribution is -2.22. The molecule has 0 aromatic carbocycles. The first-order chi connectivity index (χ1) is 9.71. The quantitative estimate of drug-likeness (QED) is 0.560. The van der Waals surface area contributed by atoms with E-state index in [4.69, 9.17) is 0 Å². The Morgan fingerprint density at radius 1 is 1.45 bits per heavy atom. The fourth-order valence-corrected chi connectivity index (χ4v) is 2.61. The number of carbonyl (C=O) groups excluding carboxylic acids is 1. The predicted octanol–water partition coefficient (Wildman–Crippen LogP) is 3.19. The maximum atomic E-state index is 11.0. The smallest absolute Gasteiger partial charge is 0.306 e. The molecule has 112 valence electrons. The Hall–Kier alpha value is -1.07. The molecule has 20 heavy (non-hydrogen) atoms. The van der Waals surface area contributed by atoms with Crippen LogP contribution in [-0.4, -0.2) is 30.4 Å². The average Bonchev–Trinajstić information content (AvgIpc) is 2.49. The number of aromatic nitrogens is 1. The molecule has 0 bridgehead atoms. The predicted molar refractivity (Wildman–Crippen MR) is 82.9 cm³/mol. The van der Waals surface area contributed by atoms with Crippen LogP contribution in [0.15, 0.2) is 23.2 Å². The van der Waals surface area contributed by atoms with Crippen LogP contribution >= 0.6 is 11.8 Å². The molecule has 0 amide bonds. The third-order valence-electron chi connectivity index (χ3n) is 2.97. The standard InChI is InChI=1S/C15H24N2O2S/c1-4-9-16-13(5-2)14-7-6-12(11-17-14)20-10-8-15(18)19-3/h6-7,11,13,16H,4-5,8-10H2,1-3H3. The normalized spacial score (nSPS) is 12.2. The van der Waals surface area contributed by atoms with Gasteiger partial charge in [0.2, 0.25) is 0 Å². The molecular formula is C15H24N2O2S. The molecule has 4 nitrogen and oxygen atoms in total. The van der Waals surface area contributed by atoms with Crippen LogP contribution in [0.5, 0.6) is 0 Å². The fourth-order valence-electron chi connectivity index (χ4n) is 1.81. The van der Waals surface area contributed by atoms with Gasteiger partial charge in [-0.2, -0.15) is 0 Å². The summed E-state index contributed by atoms with van der Waals surface area (Å²) < 4.78 is 4.61. The summed E-state index contributed by atoms with van der Waals surface area (Å²) in [5.74, 6) is 0.552. The third kappa shape index (κ3) is 5.92. The first-order valence-corrected chi connectivity index (χ1v) is 8.08. The van der Waals surface area contributed by atoms with Crippen molar-refractivity contribution in [3.63, 3.8) is 0 Å². The average molecular weight is 296 g/mol. The van der Waals surface area contributed by atoms with Gasteiger partial charge < -0.3 is 10.1 Å². The number of hydrogen-bond donors (Lipinski definition) is 1. The lowest BCUT2D eigenvalue weighted by atomic mass is 10.1. The molecule has 0 saturated carbocycles. The van der Waals surface area contributed by atoms with E-state index in [1.165, 1.54) is 7.11 Å². The molecule has 0 fully saturated rings. The molecule has 0 saturated heterocycles. The molecule has 0 spiro atoms. The molecule has 0 aliphatic rings. The number of ether oxygens (including phenoxy) is 1. The van der Waals surface area contributed by atoms with Gasteiger partial charge in [0.25, 0.3) is 0 Å². The van der Waals surface area contributed by atoms with Crippen molar-refractivity contribution < 1.29 is 9.53 Å². The van der Waals surface area contributed by atoms with Crippen molar-refractivity contribution in [3.05, 3.63) is 24.0 Å². The second-order valence-corrected chi connectivity index (χ2v) is 5.68. The largest absolute Gasteiger partial charge is 0.469 e. The van der Waals surface area contributed by atoms with Gasteiger partial charge in [-0.05, 0) is 31.5 Å². The molecule has 1 atom stereocenters. The molecule has 5 heteroatoms. The summed E-state index contributed by atoms with van der Waals surface area (Å²) in [4.78, 5) is 16.6. The summed E-state index contributed by atoms with van der Waals surface area (Å²) in [5.41, 5.74) is 1.08. The summed E-state index contributed by atoms with van der Waals surface area (Å²) in [6.07, 6.45) is 4.46. The van der Waals surface area contributed by atoms with Gasteiger partial charge >= 0.3 is 5.97 Å². The zero-order chi connectivity index (χ0) is 14.8. The molecule has 1 heterocycles. The van der Waals surface area contributed by atoms with Crippen LogP contribution in [0.4, 0.5) is 0 Å². The number of nitrogens with zero attached hydrogens (tertiary/aromatic N) is 1. The van der Waals surface area contributed by atoms with E-state index in [0.29, 0.717) is 12.5 Å². The Morgan fingerprint density at radius 3 is 2.80 bits per heavy atom. The van der Waals surface area contributed by atoms with E-state index < -0.39 is 0 Å². The molecule has 1 unspecified atom stereocenters. The van der Waals surface area contributed by atoms with Crippen LogP contribution in [0.25, 0.3) is 0 Å². The first kappa shape index (κ1) is 17.0. The highest BCUT2D eigenvalue weighted by Gasteiger charge is 2.09. The van der Waals surface area contributed by atoms with Crippen molar-refractivity contribution in [2.75, 3.05) is 19.4 Å². The molecule has 1 rings (SSSR count). The van der Waals surface area contributed by atoms with E-state index in [1.807, 2.05) is 6.20 Å². The molecule has 1 aromatic rings. The number of nitrogens with one attached hydrogen (secondary N) is 1. The SMILES string of the molecule is CCCNC(CC)c1ccc(SCCC(=O)OC)cn1. The van der Waals surface area contributed by atoms with Crippen LogP contribution in [0.2, 0.25) is 0 Å². The van der Waals surface area contributed by atoms with E-state index in [-0.39, 0.29) is 5.97 Å². The van der Waals surface area contributed by atoms with Gasteiger partial charge in [0.05, 0.1) is 19.2 Å². The second kappa shape index (κ2) is 9.77. The van der Waals surface area contributed by atoms with E-state index in [1.54, 1.807) is 11.8 Å². The Kier molecular flexibility index (Phi) is 8.30. The first-order valence-electron chi connectivity index (χ1n) is 7.10. The van der Waals surface area contributed by atoms with Crippen LogP contribution < -0.4 is 5.32 Å². The van der Waals surface area contributed by atoms with Crippen LogP contribution in [0.3, 0.4) is 0 Å². The number of hydrogen-bond acceptors (Lipinski definition) is 5. The van der Waals surface area contributed by atoms with Gasteiger partial charge in [-0.25, -0.2) is 0 Å². The lowest BCUT2D eigenvalue weighted by Gasteiger charge is -2.16. The molecular weight excluding hydrogens is 272 g/mol. The topological polar surface area (TPSA) is 51.2 Å². The maximum absolute atomic E-state index is 11.0. The van der Waals surface area contributed by atoms with Crippen molar-refractivity contribution in [3.8, 4) is 0 Å². The summed E-state index contributed by atoms with van der Waals surface area (Å²) >= 11 is 1.63. The minimum absolute atomic E-state index is 0.170. The van der Waals surface area contributed by atoms with Gasteiger partial charge in [-0.15, -0.1) is 11.8 Å². The second-order valence-electron chi connectivity index (χ2n) is 4.51. The van der Waals surface area contributed by atoms with Crippen molar-refractivity contribution in [1.29, 1.82) is 0 Å². The number of thioether (sulfide) groups is 1. The molecule has 0 aliphatic carbocycles.